The summed E-state index contributed by atoms with van der Waals surface area (Å²) in [5, 5.41) is 8.93. The molecule has 1 aromatic heterocycles. The number of halogens is 2. The lowest BCUT2D eigenvalue weighted by Gasteiger charge is -2.08. The van der Waals surface area contributed by atoms with Gasteiger partial charge in [-0.1, -0.05) is 11.6 Å². The van der Waals surface area contributed by atoms with Crippen molar-refractivity contribution in [2.75, 3.05) is 5.73 Å². The summed E-state index contributed by atoms with van der Waals surface area (Å²) in [5.41, 5.74) is 5.57. The highest BCUT2D eigenvalue weighted by molar-refractivity contribution is 6.32. The van der Waals surface area contributed by atoms with Crippen LogP contribution < -0.4 is 10.5 Å². The van der Waals surface area contributed by atoms with Gasteiger partial charge in [-0.3, -0.25) is 0 Å². The molecule has 0 aliphatic heterocycles. The van der Waals surface area contributed by atoms with E-state index in [1.54, 1.807) is 12.1 Å². The molecule has 0 atom stereocenters. The Kier molecular flexibility index (Phi) is 3.31. The second-order valence-electron chi connectivity index (χ2n) is 3.37. The Balaban J connectivity index is 2.41. The smallest absolute Gasteiger partial charge is 0.237 e. The average Bonchev–Trinajstić information content (AvgIpc) is 2.36. The zero-order valence-electron chi connectivity index (χ0n) is 9.02. The van der Waals surface area contributed by atoms with Gasteiger partial charge in [0.05, 0.1) is 10.7 Å². The zero-order chi connectivity index (χ0) is 13.1. The van der Waals surface area contributed by atoms with Crippen LogP contribution in [0.15, 0.2) is 30.5 Å². The van der Waals surface area contributed by atoms with Gasteiger partial charge in [-0.2, -0.15) is 5.26 Å². The van der Waals surface area contributed by atoms with Crippen LogP contribution in [0, 0.1) is 17.1 Å². The number of nitrogens with two attached hydrogens (primary N) is 1. The largest absolute Gasteiger partial charge is 0.436 e. The van der Waals surface area contributed by atoms with Crippen LogP contribution in [-0.2, 0) is 0 Å². The maximum atomic E-state index is 13.1. The van der Waals surface area contributed by atoms with Crippen LogP contribution >= 0.6 is 11.6 Å². The fourth-order valence-electron chi connectivity index (χ4n) is 1.28. The number of nitrogens with zero attached hydrogens (tertiary/aromatic N) is 2. The third-order valence-corrected chi connectivity index (χ3v) is 2.44. The molecule has 90 valence electrons. The second kappa shape index (κ2) is 4.90. The van der Waals surface area contributed by atoms with E-state index in [1.165, 1.54) is 12.3 Å². The van der Waals surface area contributed by atoms with E-state index in [9.17, 15) is 4.39 Å². The van der Waals surface area contributed by atoms with Crippen molar-refractivity contribution in [1.29, 1.82) is 5.26 Å². The molecule has 2 aromatic rings. The minimum atomic E-state index is -0.631. The van der Waals surface area contributed by atoms with Gasteiger partial charge >= 0.3 is 0 Å². The summed E-state index contributed by atoms with van der Waals surface area (Å²) in [4.78, 5) is 3.90. The predicted molar refractivity (Wildman–Crippen MR) is 64.8 cm³/mol. The highest BCUT2D eigenvalue weighted by Gasteiger charge is 2.11. The number of rotatable bonds is 2. The molecule has 0 aliphatic rings. The molecular formula is C12H7ClFN3O. The van der Waals surface area contributed by atoms with E-state index >= 15 is 0 Å². The third-order valence-electron chi connectivity index (χ3n) is 2.15. The van der Waals surface area contributed by atoms with E-state index < -0.39 is 5.82 Å². The molecule has 0 saturated heterocycles. The Morgan fingerprint density at radius 1 is 1.44 bits per heavy atom. The molecule has 0 fully saturated rings. The van der Waals surface area contributed by atoms with Gasteiger partial charge in [0.2, 0.25) is 5.88 Å². The number of hydrogen-bond acceptors (Lipinski definition) is 4. The molecule has 2 N–H and O–H groups in total. The first kappa shape index (κ1) is 12.1. The summed E-state index contributed by atoms with van der Waals surface area (Å²) in [6.45, 7) is 0. The number of ether oxygens (including phenoxy) is 1. The summed E-state index contributed by atoms with van der Waals surface area (Å²) in [5.74, 6) is -0.396. The third kappa shape index (κ3) is 2.34. The second-order valence-corrected chi connectivity index (χ2v) is 3.78. The van der Waals surface area contributed by atoms with Gasteiger partial charge in [-0.15, -0.1) is 0 Å². The molecule has 6 heteroatoms. The van der Waals surface area contributed by atoms with Gasteiger partial charge in [0, 0.05) is 12.3 Å². The van der Waals surface area contributed by atoms with E-state index in [-0.39, 0.29) is 27.9 Å². The van der Waals surface area contributed by atoms with Gasteiger partial charge in [0.25, 0.3) is 0 Å². The first-order chi connectivity index (χ1) is 8.61. The van der Waals surface area contributed by atoms with Crippen molar-refractivity contribution in [3.63, 3.8) is 0 Å². The number of pyridine rings is 1. The number of hydrogen-bond donors (Lipinski definition) is 1. The van der Waals surface area contributed by atoms with Crippen molar-refractivity contribution in [1.82, 2.24) is 4.98 Å². The Labute approximate surface area is 107 Å². The maximum Gasteiger partial charge on any atom is 0.237 e. The van der Waals surface area contributed by atoms with Gasteiger partial charge in [-0.05, 0) is 18.2 Å². The fourth-order valence-corrected chi connectivity index (χ4v) is 1.47. The van der Waals surface area contributed by atoms with Crippen molar-refractivity contribution in [2.24, 2.45) is 0 Å². The maximum absolute atomic E-state index is 13.1. The fraction of sp³-hybridized carbons (Fsp3) is 0. The molecule has 18 heavy (non-hydrogen) atoms. The van der Waals surface area contributed by atoms with Crippen molar-refractivity contribution >= 4 is 17.3 Å². The average molecular weight is 264 g/mol. The molecule has 0 amide bonds. The van der Waals surface area contributed by atoms with Crippen LogP contribution in [-0.4, -0.2) is 4.98 Å². The standard InChI is InChI=1S/C12H7ClFN3O/c13-8-4-9(14)10(16)5-11(8)18-12-7(6-15)2-1-3-17-12/h1-5H,16H2. The normalized spacial score (nSPS) is 9.83. The molecule has 2 rings (SSSR count). The van der Waals surface area contributed by atoms with Crippen molar-refractivity contribution in [3.05, 3.63) is 46.9 Å². The summed E-state index contributed by atoms with van der Waals surface area (Å²) in [7, 11) is 0. The Morgan fingerprint density at radius 3 is 2.94 bits per heavy atom. The quantitative estimate of drug-likeness (QED) is 0.845. The van der Waals surface area contributed by atoms with E-state index in [0.29, 0.717) is 0 Å². The molecule has 1 aromatic carbocycles. The van der Waals surface area contributed by atoms with Gasteiger partial charge < -0.3 is 10.5 Å². The first-order valence-electron chi connectivity index (χ1n) is 4.89. The molecule has 1 heterocycles. The number of benzene rings is 1. The SMILES string of the molecule is N#Cc1cccnc1Oc1cc(N)c(F)cc1Cl. The topological polar surface area (TPSA) is 71.9 Å². The minimum absolute atomic E-state index is 0.0521. The summed E-state index contributed by atoms with van der Waals surface area (Å²) in [6.07, 6.45) is 1.47. The highest BCUT2D eigenvalue weighted by Crippen LogP contribution is 2.32. The lowest BCUT2D eigenvalue weighted by atomic mass is 10.3. The van der Waals surface area contributed by atoms with Crippen molar-refractivity contribution in [3.8, 4) is 17.7 Å². The van der Waals surface area contributed by atoms with Gasteiger partial charge in [0.1, 0.15) is 23.2 Å². The van der Waals surface area contributed by atoms with Crippen LogP contribution in [0.2, 0.25) is 5.02 Å². The van der Waals surface area contributed by atoms with Crippen molar-refractivity contribution < 1.29 is 9.13 Å². The lowest BCUT2D eigenvalue weighted by Crippen LogP contribution is -1.95. The van der Waals surface area contributed by atoms with Crippen molar-refractivity contribution in [2.45, 2.75) is 0 Å². The molecule has 0 radical (unpaired) electrons. The molecule has 0 bridgehead atoms. The van der Waals surface area contributed by atoms with Gasteiger partial charge in [0.15, 0.2) is 0 Å². The lowest BCUT2D eigenvalue weighted by molar-refractivity contribution is 0.460. The molecular weight excluding hydrogens is 257 g/mol. The summed E-state index contributed by atoms with van der Waals surface area (Å²) in [6, 6.07) is 7.36. The van der Waals surface area contributed by atoms with Crippen LogP contribution in [0.3, 0.4) is 0 Å². The molecule has 4 nitrogen and oxygen atoms in total. The van der Waals surface area contributed by atoms with E-state index in [4.69, 9.17) is 27.3 Å². The Morgan fingerprint density at radius 2 is 2.22 bits per heavy atom. The van der Waals surface area contributed by atoms with E-state index in [1.807, 2.05) is 6.07 Å². The van der Waals surface area contributed by atoms with Gasteiger partial charge in [-0.25, -0.2) is 9.37 Å². The number of nitrogen functional groups attached to an aromatic ring is 1. The Bertz CT molecular complexity index is 640. The number of anilines is 1. The van der Waals surface area contributed by atoms with Crippen LogP contribution in [0.25, 0.3) is 0 Å². The Hall–Kier alpha value is -2.32. The molecule has 0 saturated carbocycles. The predicted octanol–water partition coefficient (Wildman–Crippen LogP) is 3.12. The van der Waals surface area contributed by atoms with E-state index in [2.05, 4.69) is 4.98 Å². The number of aromatic nitrogens is 1. The summed E-state index contributed by atoms with van der Waals surface area (Å²) >= 11 is 5.82. The van der Waals surface area contributed by atoms with Crippen LogP contribution in [0.5, 0.6) is 11.6 Å². The minimum Gasteiger partial charge on any atom is -0.436 e. The monoisotopic (exact) mass is 263 g/mol. The molecule has 0 spiro atoms. The van der Waals surface area contributed by atoms with Crippen LogP contribution in [0.1, 0.15) is 5.56 Å². The van der Waals surface area contributed by atoms with E-state index in [0.717, 1.165) is 6.07 Å². The first-order valence-corrected chi connectivity index (χ1v) is 5.27. The molecule has 0 aliphatic carbocycles. The molecule has 0 unspecified atom stereocenters. The highest BCUT2D eigenvalue weighted by atomic mass is 35.5. The van der Waals surface area contributed by atoms with Crippen LogP contribution in [0.4, 0.5) is 10.1 Å². The zero-order valence-corrected chi connectivity index (χ0v) is 9.78. The number of nitriles is 1. The summed E-state index contributed by atoms with van der Waals surface area (Å²) < 4.78 is 18.5.